The number of rotatable bonds is 2. The Morgan fingerprint density at radius 1 is 1.15 bits per heavy atom. The van der Waals surface area contributed by atoms with Crippen LogP contribution in [-0.2, 0) is 4.79 Å². The van der Waals surface area contributed by atoms with Crippen molar-refractivity contribution in [2.24, 2.45) is 0 Å². The van der Waals surface area contributed by atoms with Gasteiger partial charge in [0, 0.05) is 5.02 Å². The Hall–Kier alpha value is -2.20. The molecule has 102 valence electrons. The molecule has 1 atom stereocenters. The van der Waals surface area contributed by atoms with Crippen molar-refractivity contribution < 1.29 is 19.0 Å². The van der Waals surface area contributed by atoms with E-state index in [4.69, 9.17) is 25.8 Å². The normalized spacial score (nSPS) is 16.6. The maximum Gasteiger partial charge on any atom is 0.356 e. The molecule has 5 heteroatoms. The minimum atomic E-state index is -0.788. The average molecular weight is 291 g/mol. The van der Waals surface area contributed by atoms with Crippen molar-refractivity contribution in [3.05, 3.63) is 53.6 Å². The molecule has 4 nitrogen and oxygen atoms in total. The van der Waals surface area contributed by atoms with Gasteiger partial charge in [0.25, 0.3) is 0 Å². The van der Waals surface area contributed by atoms with Gasteiger partial charge < -0.3 is 14.2 Å². The Labute approximate surface area is 120 Å². The third-order valence-electron chi connectivity index (χ3n) is 2.79. The fourth-order valence-electron chi connectivity index (χ4n) is 1.85. The number of fused-ring (bicyclic) bond motifs is 1. The molecule has 2 aromatic rings. The summed E-state index contributed by atoms with van der Waals surface area (Å²) in [5.74, 6) is 1.03. The van der Waals surface area contributed by atoms with E-state index in [1.807, 2.05) is 12.1 Å². The fourth-order valence-corrected chi connectivity index (χ4v) is 2.03. The Morgan fingerprint density at radius 2 is 1.95 bits per heavy atom. The zero-order valence-electron chi connectivity index (χ0n) is 10.4. The van der Waals surface area contributed by atoms with E-state index in [0.29, 0.717) is 22.3 Å². The van der Waals surface area contributed by atoms with Crippen molar-refractivity contribution in [2.75, 3.05) is 6.61 Å². The molecule has 0 radical (unpaired) electrons. The zero-order valence-corrected chi connectivity index (χ0v) is 11.2. The summed E-state index contributed by atoms with van der Waals surface area (Å²) < 4.78 is 16.3. The number of esters is 1. The number of para-hydroxylation sites is 2. The van der Waals surface area contributed by atoms with Crippen LogP contribution in [0.2, 0.25) is 5.02 Å². The van der Waals surface area contributed by atoms with Crippen LogP contribution in [0.1, 0.15) is 0 Å². The monoisotopic (exact) mass is 290 g/mol. The Bertz CT molecular complexity index is 641. The Morgan fingerprint density at radius 3 is 2.75 bits per heavy atom. The molecule has 20 heavy (non-hydrogen) atoms. The molecule has 2 aromatic carbocycles. The molecule has 0 bridgehead atoms. The molecule has 0 fully saturated rings. The summed E-state index contributed by atoms with van der Waals surface area (Å²) in [5.41, 5.74) is 0. The highest BCUT2D eigenvalue weighted by molar-refractivity contribution is 6.30. The van der Waals surface area contributed by atoms with Crippen LogP contribution in [0.15, 0.2) is 48.5 Å². The smallest absolute Gasteiger partial charge is 0.356 e. The predicted molar refractivity (Wildman–Crippen MR) is 73.4 cm³/mol. The highest BCUT2D eigenvalue weighted by Crippen LogP contribution is 2.31. The number of hydrogen-bond donors (Lipinski definition) is 0. The first-order valence-corrected chi connectivity index (χ1v) is 6.46. The van der Waals surface area contributed by atoms with E-state index in [9.17, 15) is 4.79 Å². The third-order valence-corrected chi connectivity index (χ3v) is 3.02. The van der Waals surface area contributed by atoms with Gasteiger partial charge in [-0.2, -0.15) is 0 Å². The molecule has 0 amide bonds. The second-order valence-corrected chi connectivity index (χ2v) is 4.68. The molecule has 0 N–H and O–H groups in total. The van der Waals surface area contributed by atoms with Gasteiger partial charge >= 0.3 is 5.97 Å². The topological polar surface area (TPSA) is 44.8 Å². The van der Waals surface area contributed by atoms with Gasteiger partial charge in [0.05, 0.1) is 0 Å². The van der Waals surface area contributed by atoms with Gasteiger partial charge in [-0.15, -0.1) is 0 Å². The van der Waals surface area contributed by atoms with Crippen molar-refractivity contribution in [1.29, 1.82) is 0 Å². The Kier molecular flexibility index (Phi) is 3.48. The second-order valence-electron chi connectivity index (χ2n) is 4.24. The maximum absolute atomic E-state index is 12.0. The Balaban J connectivity index is 1.70. The molecule has 1 aliphatic heterocycles. The summed E-state index contributed by atoms with van der Waals surface area (Å²) in [6, 6.07) is 13.8. The minimum absolute atomic E-state index is 0.121. The summed E-state index contributed by atoms with van der Waals surface area (Å²) in [6.07, 6.45) is -0.788. The second kappa shape index (κ2) is 5.43. The van der Waals surface area contributed by atoms with Crippen LogP contribution in [0, 0.1) is 0 Å². The van der Waals surface area contributed by atoms with Gasteiger partial charge in [0.1, 0.15) is 12.4 Å². The highest BCUT2D eigenvalue weighted by Gasteiger charge is 2.29. The summed E-state index contributed by atoms with van der Waals surface area (Å²) in [5, 5.41) is 0.501. The standard InChI is InChI=1S/C15H11ClO4/c16-10-4-3-5-11(8-10)19-15(17)14-9-18-12-6-1-2-7-13(12)20-14/h1-8,14H,9H2/t14-/m1/s1. The number of ether oxygens (including phenoxy) is 3. The van der Waals surface area contributed by atoms with E-state index in [1.54, 1.807) is 36.4 Å². The van der Waals surface area contributed by atoms with Gasteiger partial charge in [-0.25, -0.2) is 4.79 Å². The molecule has 3 rings (SSSR count). The first-order chi connectivity index (χ1) is 9.72. The lowest BCUT2D eigenvalue weighted by atomic mass is 10.2. The number of halogens is 1. The van der Waals surface area contributed by atoms with Crippen LogP contribution in [0.25, 0.3) is 0 Å². The first-order valence-electron chi connectivity index (χ1n) is 6.08. The largest absolute Gasteiger partial charge is 0.485 e. The molecular weight excluding hydrogens is 280 g/mol. The van der Waals surface area contributed by atoms with E-state index >= 15 is 0 Å². The van der Waals surface area contributed by atoms with Crippen LogP contribution in [-0.4, -0.2) is 18.7 Å². The lowest BCUT2D eigenvalue weighted by Gasteiger charge is -2.24. The predicted octanol–water partition coefficient (Wildman–Crippen LogP) is 3.09. The van der Waals surface area contributed by atoms with Gasteiger partial charge in [-0.1, -0.05) is 29.8 Å². The van der Waals surface area contributed by atoms with Gasteiger partial charge in [-0.05, 0) is 30.3 Å². The van der Waals surface area contributed by atoms with Crippen LogP contribution < -0.4 is 14.2 Å². The first kappa shape index (κ1) is 12.8. The van der Waals surface area contributed by atoms with Crippen LogP contribution >= 0.6 is 11.6 Å². The molecule has 1 aliphatic rings. The molecule has 0 spiro atoms. The van der Waals surface area contributed by atoms with E-state index in [0.717, 1.165) is 0 Å². The molecule has 0 saturated heterocycles. The molecule has 0 aromatic heterocycles. The maximum atomic E-state index is 12.0. The van der Waals surface area contributed by atoms with Crippen molar-refractivity contribution >= 4 is 17.6 Å². The van der Waals surface area contributed by atoms with Crippen molar-refractivity contribution in [3.8, 4) is 17.2 Å². The summed E-state index contributed by atoms with van der Waals surface area (Å²) in [6.45, 7) is 0.121. The van der Waals surface area contributed by atoms with E-state index in [2.05, 4.69) is 0 Å². The summed E-state index contributed by atoms with van der Waals surface area (Å²) >= 11 is 5.83. The lowest BCUT2D eigenvalue weighted by Crippen LogP contribution is -2.39. The highest BCUT2D eigenvalue weighted by atomic mass is 35.5. The van der Waals surface area contributed by atoms with Crippen molar-refractivity contribution in [3.63, 3.8) is 0 Å². The molecular formula is C15H11ClO4. The summed E-state index contributed by atoms with van der Waals surface area (Å²) in [7, 11) is 0. The van der Waals surface area contributed by atoms with Gasteiger partial charge in [0.15, 0.2) is 11.5 Å². The van der Waals surface area contributed by atoms with E-state index < -0.39 is 12.1 Å². The zero-order chi connectivity index (χ0) is 13.9. The number of hydrogen-bond acceptors (Lipinski definition) is 4. The van der Waals surface area contributed by atoms with E-state index in [-0.39, 0.29) is 6.61 Å². The van der Waals surface area contributed by atoms with Gasteiger partial charge in [0.2, 0.25) is 6.10 Å². The quantitative estimate of drug-likeness (QED) is 0.630. The molecule has 0 saturated carbocycles. The molecule has 1 heterocycles. The third kappa shape index (κ3) is 2.70. The fraction of sp³-hybridized carbons (Fsp3) is 0.133. The van der Waals surface area contributed by atoms with Crippen LogP contribution in [0.3, 0.4) is 0 Å². The molecule has 0 aliphatic carbocycles. The number of benzene rings is 2. The van der Waals surface area contributed by atoms with Crippen LogP contribution in [0.4, 0.5) is 0 Å². The minimum Gasteiger partial charge on any atom is -0.485 e. The summed E-state index contributed by atoms with van der Waals surface area (Å²) in [4.78, 5) is 12.0. The van der Waals surface area contributed by atoms with Crippen molar-refractivity contribution in [2.45, 2.75) is 6.10 Å². The van der Waals surface area contributed by atoms with Crippen LogP contribution in [0.5, 0.6) is 17.2 Å². The number of carbonyl (C=O) groups is 1. The van der Waals surface area contributed by atoms with E-state index in [1.165, 1.54) is 0 Å². The molecule has 0 unspecified atom stereocenters. The van der Waals surface area contributed by atoms with Gasteiger partial charge in [-0.3, -0.25) is 0 Å². The SMILES string of the molecule is O=C(Oc1cccc(Cl)c1)[C@H]1COc2ccccc2O1. The van der Waals surface area contributed by atoms with Crippen molar-refractivity contribution in [1.82, 2.24) is 0 Å². The number of carbonyl (C=O) groups excluding carboxylic acids is 1. The average Bonchev–Trinajstić information content (AvgIpc) is 2.47. The lowest BCUT2D eigenvalue weighted by molar-refractivity contribution is -0.144.